The van der Waals surface area contributed by atoms with Crippen molar-refractivity contribution in [3.05, 3.63) is 100 Å². The molecule has 2 fully saturated rings. The molecule has 4 heterocycles. The van der Waals surface area contributed by atoms with Crippen molar-refractivity contribution < 1.29 is 90.9 Å². The van der Waals surface area contributed by atoms with Gasteiger partial charge in [0.25, 0.3) is 17.7 Å². The summed E-state index contributed by atoms with van der Waals surface area (Å²) in [6, 6.07) is 6.24. The lowest BCUT2D eigenvalue weighted by Gasteiger charge is -2.42. The summed E-state index contributed by atoms with van der Waals surface area (Å²) >= 11 is 6.83. The summed E-state index contributed by atoms with van der Waals surface area (Å²) in [7, 11) is 8.57. The van der Waals surface area contributed by atoms with E-state index >= 15 is 0 Å². The highest BCUT2D eigenvalue weighted by Gasteiger charge is 2.64. The van der Waals surface area contributed by atoms with E-state index in [1.54, 1.807) is 38.1 Å². The summed E-state index contributed by atoms with van der Waals surface area (Å²) in [6.07, 6.45) is 7.98. The Morgan fingerprint density at radius 3 is 2.34 bits per heavy atom. The number of nitrogens with zero attached hydrogens (tertiary/aromatic N) is 5. The number of ether oxygens (including phenoxy) is 8. The second-order valence-electron chi connectivity index (χ2n) is 23.6. The van der Waals surface area contributed by atoms with E-state index in [0.717, 1.165) is 58.8 Å². The molecule has 4 N–H and O–H groups in total. The Labute approximate surface area is 539 Å². The van der Waals surface area contributed by atoms with Crippen LogP contribution < -0.4 is 30.3 Å². The van der Waals surface area contributed by atoms with Crippen molar-refractivity contribution in [2.45, 2.75) is 140 Å². The fourth-order valence-electron chi connectivity index (χ4n) is 11.0. The fraction of sp³-hybridized carbons (Fsp3) is 0.531. The minimum absolute atomic E-state index is 0.0314. The SMILES string of the molecule is COc1cc2cc(c1Cl)N(C)C(=O)C[C@H](OC(=O)[C@H](C)N(C)C(=O)CCOC(=O)N(C)CCN(C)C(=O)OCc1ccc(OC(=O)NC3/C=C/CCCCC3)c(C(=O)NCCN3C(=O)C=CC3=O)c1)[C@]1(C)O[C@H]1[C@H](C)[C@@H]1C[C@@](O)(NC(=O)O1)[C@H](OC)/C=C/C=C(\C)C2. The van der Waals surface area contributed by atoms with Gasteiger partial charge in [0.2, 0.25) is 11.8 Å². The summed E-state index contributed by atoms with van der Waals surface area (Å²) in [5.41, 5.74) is -1.10. The van der Waals surface area contributed by atoms with Gasteiger partial charge in [-0.15, -0.1) is 0 Å². The Morgan fingerprint density at radius 1 is 0.935 bits per heavy atom. The van der Waals surface area contributed by atoms with Gasteiger partial charge in [-0.2, -0.15) is 0 Å². The van der Waals surface area contributed by atoms with Gasteiger partial charge in [0.05, 0.1) is 43.3 Å². The number of imide groups is 1. The van der Waals surface area contributed by atoms with Gasteiger partial charge >= 0.3 is 30.3 Å². The van der Waals surface area contributed by atoms with Crippen molar-refractivity contribution in [2.24, 2.45) is 5.92 Å². The topological polar surface area (TPSA) is 320 Å². The number of anilines is 1. The number of rotatable bonds is 19. The van der Waals surface area contributed by atoms with Crippen LogP contribution in [0.2, 0.25) is 5.02 Å². The van der Waals surface area contributed by atoms with Crippen molar-refractivity contribution >= 4 is 77.2 Å². The molecule has 0 radical (unpaired) electrons. The van der Waals surface area contributed by atoms with Gasteiger partial charge in [-0.1, -0.05) is 73.4 Å². The maximum Gasteiger partial charge on any atom is 0.413 e. The van der Waals surface area contributed by atoms with Crippen LogP contribution in [0.1, 0.15) is 101 Å². The summed E-state index contributed by atoms with van der Waals surface area (Å²) in [5, 5.41) is 20.0. The van der Waals surface area contributed by atoms with Crippen molar-refractivity contribution in [1.82, 2.24) is 35.6 Å². The maximum absolute atomic E-state index is 14.4. The number of aliphatic hydroxyl groups is 1. The van der Waals surface area contributed by atoms with E-state index in [0.29, 0.717) is 29.8 Å². The number of carbonyl (C=O) groups is 10. The molecule has 2 aromatic rings. The molecule has 500 valence electrons. The Morgan fingerprint density at radius 2 is 1.64 bits per heavy atom. The van der Waals surface area contributed by atoms with Crippen molar-refractivity contribution in [1.29, 1.82) is 0 Å². The van der Waals surface area contributed by atoms with Gasteiger partial charge in [0.15, 0.2) is 5.72 Å². The molecule has 4 aliphatic heterocycles. The number of fused-ring (bicyclic) bond motifs is 5. The van der Waals surface area contributed by atoms with Crippen molar-refractivity contribution in [2.75, 3.05) is 80.1 Å². The van der Waals surface area contributed by atoms with Crippen molar-refractivity contribution in [3.8, 4) is 11.5 Å². The van der Waals surface area contributed by atoms with E-state index in [1.807, 2.05) is 25.2 Å². The number of hydrogen-bond acceptors (Lipinski definition) is 19. The van der Waals surface area contributed by atoms with E-state index in [1.165, 1.54) is 82.2 Å². The number of esters is 1. The minimum atomic E-state index is -1.91. The lowest BCUT2D eigenvalue weighted by molar-refractivity contribution is -0.162. The summed E-state index contributed by atoms with van der Waals surface area (Å²) in [5.74, 6) is -4.21. The first-order chi connectivity index (χ1) is 43.7. The molecule has 0 aromatic heterocycles. The molecule has 1 aliphatic carbocycles. The lowest BCUT2D eigenvalue weighted by atomic mass is 9.83. The van der Waals surface area contributed by atoms with Crippen LogP contribution in [0.5, 0.6) is 11.5 Å². The molecule has 27 nitrogen and oxygen atoms in total. The highest BCUT2D eigenvalue weighted by atomic mass is 35.5. The first-order valence-electron chi connectivity index (χ1n) is 30.4. The highest BCUT2D eigenvalue weighted by Crippen LogP contribution is 2.49. The lowest BCUT2D eigenvalue weighted by Crippen LogP contribution is -2.63. The number of amides is 9. The van der Waals surface area contributed by atoms with Gasteiger partial charge < -0.3 is 73.2 Å². The molecule has 2 saturated heterocycles. The number of hydrogen-bond donors (Lipinski definition) is 4. The van der Waals surface area contributed by atoms with E-state index in [9.17, 15) is 53.1 Å². The molecular weight excluding hydrogens is 1220 g/mol. The maximum atomic E-state index is 14.4. The Kier molecular flexibility index (Phi) is 24.4. The van der Waals surface area contributed by atoms with E-state index in [2.05, 4.69) is 16.0 Å². The van der Waals surface area contributed by atoms with Crippen LogP contribution in [-0.4, -0.2) is 208 Å². The molecule has 92 heavy (non-hydrogen) atoms. The molecule has 1 unspecified atom stereocenters. The zero-order chi connectivity index (χ0) is 67.2. The molecule has 2 aromatic carbocycles. The Bertz CT molecular complexity index is 3230. The summed E-state index contributed by atoms with van der Waals surface area (Å²) < 4.78 is 45.9. The first-order valence-corrected chi connectivity index (χ1v) is 30.7. The van der Waals surface area contributed by atoms with Gasteiger partial charge in [-0.25, -0.2) is 24.0 Å². The molecule has 7 rings (SSSR count). The van der Waals surface area contributed by atoms with Gasteiger partial charge in [-0.3, -0.25) is 34.2 Å². The zero-order valence-corrected chi connectivity index (χ0v) is 54.2. The number of allylic oxidation sites excluding steroid dienone is 4. The number of alkyl carbamates (subject to hydrolysis) is 1. The number of epoxide rings is 1. The van der Waals surface area contributed by atoms with Crippen molar-refractivity contribution in [3.63, 3.8) is 0 Å². The number of nitrogens with one attached hydrogen (secondary N) is 3. The van der Waals surface area contributed by atoms with E-state index in [-0.39, 0.29) is 68.0 Å². The second-order valence-corrected chi connectivity index (χ2v) is 24.0. The average molecular weight is 1300 g/mol. The normalized spacial score (nSPS) is 25.5. The van der Waals surface area contributed by atoms with Crippen LogP contribution in [0.15, 0.2) is 78.4 Å². The number of benzene rings is 2. The van der Waals surface area contributed by atoms with Crippen LogP contribution in [0, 0.1) is 5.92 Å². The average Bonchev–Trinajstić information content (AvgIpc) is 1.56. The number of likely N-dealkylation sites (N-methyl/N-ethyl adjacent to an activating group) is 3. The standard InChI is InChI=1S/C64H83ClN8O19/c1-38-17-16-20-49(86-10)64(84)36-48(90-60(81)68-64)39(2)56-63(4,92-56)50(35-54(77)72(8)45-33-42(31-38)34-47(85-9)55(45)65)91-58(79)40(3)71(7)51(74)25-30-87-61(82)69(5)28-29-70(6)62(83)88-37-41-21-22-46(89-59(80)67-43-18-14-12-11-13-15-19-43)44(32-41)57(78)66-26-27-73-52(75)23-24-53(73)76/h14,16-18,20-24,32-34,39-40,43,48-50,56,84H,11-13,15,19,25-31,35-37H2,1-10H3,(H,66,78)(H,67,80)(H,68,81)/b18-14+,20-16+,38-17+/t39-,40+,43?,48+,49-,50+,56+,63+,64+/m1/s1. The van der Waals surface area contributed by atoms with Gasteiger partial charge in [-0.05, 0) is 81.8 Å². The van der Waals surface area contributed by atoms with Crippen LogP contribution in [0.3, 0.4) is 0 Å². The van der Waals surface area contributed by atoms with Crippen LogP contribution >= 0.6 is 11.6 Å². The van der Waals surface area contributed by atoms with Crippen LogP contribution in [-0.2, 0) is 65.4 Å². The Balaban J connectivity index is 0.927. The highest BCUT2D eigenvalue weighted by molar-refractivity contribution is 6.35. The van der Waals surface area contributed by atoms with Crippen LogP contribution in [0.4, 0.5) is 24.9 Å². The predicted octanol–water partition coefficient (Wildman–Crippen LogP) is 5.87. The number of carbonyl (C=O) groups excluding carboxylic acids is 10. The summed E-state index contributed by atoms with van der Waals surface area (Å²) in [4.78, 5) is 138. The molecule has 28 heteroatoms. The molecule has 0 saturated carbocycles. The smallest absolute Gasteiger partial charge is 0.413 e. The third kappa shape index (κ3) is 18.2. The summed E-state index contributed by atoms with van der Waals surface area (Å²) in [6.45, 7) is 5.68. The molecule has 0 spiro atoms. The number of halogens is 1. The predicted molar refractivity (Wildman–Crippen MR) is 332 cm³/mol. The second kappa shape index (κ2) is 31.7. The minimum Gasteiger partial charge on any atom is -0.495 e. The fourth-order valence-corrected chi connectivity index (χ4v) is 11.3. The molecule has 9 atom stereocenters. The van der Waals surface area contributed by atoms with Gasteiger partial charge in [0, 0.05) is 86.0 Å². The van der Waals surface area contributed by atoms with E-state index in [4.69, 9.17) is 49.5 Å². The largest absolute Gasteiger partial charge is 0.495 e. The first kappa shape index (κ1) is 70.9. The molecule has 4 bridgehead atoms. The monoisotopic (exact) mass is 1300 g/mol. The Hall–Kier alpha value is -8.53. The zero-order valence-electron chi connectivity index (χ0n) is 53.5. The van der Waals surface area contributed by atoms with E-state index < -0.39 is 121 Å². The third-order valence-corrected chi connectivity index (χ3v) is 17.3. The quantitative estimate of drug-likeness (QED) is 0.0420. The molecule has 9 amide bonds. The molecular formula is C64H83ClN8O19. The van der Waals surface area contributed by atoms with Gasteiger partial charge in [0.1, 0.15) is 59.7 Å². The third-order valence-electron chi connectivity index (χ3n) is 16.9. The number of methoxy groups -OCH3 is 2. The van der Waals surface area contributed by atoms with Crippen LogP contribution in [0.25, 0.3) is 0 Å². The molecule has 5 aliphatic rings.